The maximum absolute atomic E-state index is 12.3. The fraction of sp³-hybridized carbons (Fsp3) is 0.111. The van der Waals surface area contributed by atoms with Crippen molar-refractivity contribution in [2.75, 3.05) is 10.6 Å². The molecule has 3 aromatic rings. The fourth-order valence-electron chi connectivity index (χ4n) is 2.77. The van der Waals surface area contributed by atoms with Gasteiger partial charge in [-0.3, -0.25) is 14.9 Å². The van der Waals surface area contributed by atoms with E-state index in [-0.39, 0.29) is 18.2 Å². The summed E-state index contributed by atoms with van der Waals surface area (Å²) in [6, 6.07) is 15.5. The van der Waals surface area contributed by atoms with Crippen LogP contribution in [0.25, 0.3) is 11.4 Å². The van der Waals surface area contributed by atoms with Crippen LogP contribution < -0.4 is 10.6 Å². The number of carbonyl (C=O) groups is 2. The van der Waals surface area contributed by atoms with E-state index in [2.05, 4.69) is 20.7 Å². The first-order chi connectivity index (χ1) is 12.6. The minimum atomic E-state index is -0.742. The van der Waals surface area contributed by atoms with Gasteiger partial charge in [0.2, 0.25) is 11.9 Å². The molecule has 1 aromatic heterocycles. The highest BCUT2D eigenvalue weighted by Crippen LogP contribution is 2.28. The summed E-state index contributed by atoms with van der Waals surface area (Å²) in [6.45, 7) is 0. The van der Waals surface area contributed by atoms with Gasteiger partial charge in [-0.05, 0) is 18.2 Å². The Labute approximate surface area is 154 Å². The Balaban J connectivity index is 1.52. The number of aromatic nitrogens is 3. The SMILES string of the molecule is O=C(C[C@@H]1C(=O)Nc2nc(-c3ccccc3)nn21)Nc1cccc(Cl)c1. The van der Waals surface area contributed by atoms with Crippen molar-refractivity contribution >= 4 is 35.1 Å². The van der Waals surface area contributed by atoms with Crippen molar-refractivity contribution in [1.82, 2.24) is 14.8 Å². The number of amides is 2. The molecule has 4 rings (SSSR count). The minimum absolute atomic E-state index is 0.0526. The van der Waals surface area contributed by atoms with Crippen molar-refractivity contribution < 1.29 is 9.59 Å². The van der Waals surface area contributed by atoms with Crippen LogP contribution in [0.15, 0.2) is 54.6 Å². The Morgan fingerprint density at radius 1 is 1.19 bits per heavy atom. The zero-order valence-corrected chi connectivity index (χ0v) is 14.3. The number of benzene rings is 2. The molecule has 26 heavy (non-hydrogen) atoms. The molecule has 0 unspecified atom stereocenters. The second kappa shape index (κ2) is 6.61. The molecule has 130 valence electrons. The van der Waals surface area contributed by atoms with Crippen LogP contribution in [0.3, 0.4) is 0 Å². The lowest BCUT2D eigenvalue weighted by Gasteiger charge is -2.10. The predicted molar refractivity (Wildman–Crippen MR) is 97.8 cm³/mol. The second-order valence-electron chi connectivity index (χ2n) is 5.84. The molecule has 1 aliphatic rings. The van der Waals surface area contributed by atoms with Gasteiger partial charge in [0.15, 0.2) is 5.82 Å². The maximum atomic E-state index is 12.3. The molecule has 0 spiro atoms. The third-order valence-electron chi connectivity index (χ3n) is 3.98. The van der Waals surface area contributed by atoms with Crippen molar-refractivity contribution in [2.45, 2.75) is 12.5 Å². The minimum Gasteiger partial charge on any atom is -0.326 e. The van der Waals surface area contributed by atoms with Crippen LogP contribution in [0.4, 0.5) is 11.6 Å². The zero-order valence-electron chi connectivity index (χ0n) is 13.5. The molecule has 1 atom stereocenters. The number of rotatable bonds is 4. The number of hydrogen-bond acceptors (Lipinski definition) is 4. The van der Waals surface area contributed by atoms with Crippen molar-refractivity contribution in [1.29, 1.82) is 0 Å². The summed E-state index contributed by atoms with van der Waals surface area (Å²) in [6.07, 6.45) is -0.0526. The number of nitrogens with one attached hydrogen (secondary N) is 2. The first-order valence-electron chi connectivity index (χ1n) is 7.98. The van der Waals surface area contributed by atoms with E-state index in [1.165, 1.54) is 4.68 Å². The Kier molecular flexibility index (Phi) is 4.14. The number of fused-ring (bicyclic) bond motifs is 1. The molecule has 8 heteroatoms. The molecular formula is C18H14ClN5O2. The summed E-state index contributed by atoms with van der Waals surface area (Å²) in [5.74, 6) is 0.230. The molecule has 2 N–H and O–H groups in total. The summed E-state index contributed by atoms with van der Waals surface area (Å²) >= 11 is 5.91. The van der Waals surface area contributed by atoms with E-state index in [1.54, 1.807) is 24.3 Å². The summed E-state index contributed by atoms with van der Waals surface area (Å²) in [4.78, 5) is 28.8. The van der Waals surface area contributed by atoms with Crippen LogP contribution in [-0.4, -0.2) is 26.6 Å². The average Bonchev–Trinajstić information content (AvgIpc) is 3.15. The molecule has 7 nitrogen and oxygen atoms in total. The molecular weight excluding hydrogens is 354 g/mol. The number of carbonyl (C=O) groups excluding carboxylic acids is 2. The number of anilines is 2. The van der Waals surface area contributed by atoms with Gasteiger partial charge in [-0.25, -0.2) is 4.68 Å². The Bertz CT molecular complexity index is 986. The van der Waals surface area contributed by atoms with E-state index < -0.39 is 6.04 Å². The van der Waals surface area contributed by atoms with Gasteiger partial charge in [0.1, 0.15) is 6.04 Å². The lowest BCUT2D eigenvalue weighted by atomic mass is 10.2. The summed E-state index contributed by atoms with van der Waals surface area (Å²) < 4.78 is 1.46. The quantitative estimate of drug-likeness (QED) is 0.741. The van der Waals surface area contributed by atoms with Crippen molar-refractivity contribution in [3.05, 3.63) is 59.6 Å². The van der Waals surface area contributed by atoms with Crippen LogP contribution in [-0.2, 0) is 9.59 Å². The standard InChI is InChI=1S/C18H14ClN5O2/c19-12-7-4-8-13(9-12)20-15(25)10-14-17(26)22-18-21-16(23-24(14)18)11-5-2-1-3-6-11/h1-9,14H,10H2,(H,20,25)(H,21,22,23,26)/t14-/m1/s1. The highest BCUT2D eigenvalue weighted by molar-refractivity contribution is 6.30. The van der Waals surface area contributed by atoms with Gasteiger partial charge in [0.05, 0.1) is 6.42 Å². The van der Waals surface area contributed by atoms with Gasteiger partial charge < -0.3 is 5.32 Å². The Hall–Kier alpha value is -3.19. The Morgan fingerprint density at radius 3 is 2.77 bits per heavy atom. The van der Waals surface area contributed by atoms with Gasteiger partial charge in [-0.15, -0.1) is 5.10 Å². The van der Waals surface area contributed by atoms with E-state index in [4.69, 9.17) is 11.6 Å². The third-order valence-corrected chi connectivity index (χ3v) is 4.22. The number of hydrogen-bond donors (Lipinski definition) is 2. The van der Waals surface area contributed by atoms with Crippen LogP contribution in [0, 0.1) is 0 Å². The molecule has 1 aliphatic heterocycles. The van der Waals surface area contributed by atoms with Crippen LogP contribution >= 0.6 is 11.6 Å². The van der Waals surface area contributed by atoms with Crippen molar-refractivity contribution in [3.63, 3.8) is 0 Å². The first kappa shape index (κ1) is 16.3. The fourth-order valence-corrected chi connectivity index (χ4v) is 2.96. The molecule has 0 aliphatic carbocycles. The van der Waals surface area contributed by atoms with Crippen molar-refractivity contribution in [3.8, 4) is 11.4 Å². The first-order valence-corrected chi connectivity index (χ1v) is 8.36. The average molecular weight is 368 g/mol. The molecule has 0 bridgehead atoms. The lowest BCUT2D eigenvalue weighted by molar-refractivity contribution is -0.123. The molecule has 0 saturated heterocycles. The van der Waals surface area contributed by atoms with Crippen molar-refractivity contribution in [2.24, 2.45) is 0 Å². The van der Waals surface area contributed by atoms with Crippen LogP contribution in [0.2, 0.25) is 5.02 Å². The third kappa shape index (κ3) is 3.16. The molecule has 2 aromatic carbocycles. The number of halogens is 1. The number of nitrogens with zero attached hydrogens (tertiary/aromatic N) is 3. The van der Waals surface area contributed by atoms with Gasteiger partial charge >= 0.3 is 0 Å². The van der Waals surface area contributed by atoms with Gasteiger partial charge in [-0.1, -0.05) is 48.0 Å². The molecule has 2 amide bonds. The lowest BCUT2D eigenvalue weighted by Crippen LogP contribution is -2.23. The molecule has 0 saturated carbocycles. The molecule has 0 radical (unpaired) electrons. The van der Waals surface area contributed by atoms with E-state index in [0.29, 0.717) is 22.5 Å². The smallest absolute Gasteiger partial charge is 0.252 e. The van der Waals surface area contributed by atoms with E-state index in [1.807, 2.05) is 30.3 Å². The van der Waals surface area contributed by atoms with Gasteiger partial charge in [0.25, 0.3) is 5.91 Å². The van der Waals surface area contributed by atoms with E-state index in [9.17, 15) is 9.59 Å². The largest absolute Gasteiger partial charge is 0.326 e. The van der Waals surface area contributed by atoms with Gasteiger partial charge in [0, 0.05) is 16.3 Å². The normalized spacial score (nSPS) is 15.4. The summed E-state index contributed by atoms with van der Waals surface area (Å²) in [7, 11) is 0. The highest BCUT2D eigenvalue weighted by atomic mass is 35.5. The molecule has 0 fully saturated rings. The van der Waals surface area contributed by atoms with Crippen LogP contribution in [0.1, 0.15) is 12.5 Å². The summed E-state index contributed by atoms with van der Waals surface area (Å²) in [5, 5.41) is 10.3. The van der Waals surface area contributed by atoms with E-state index in [0.717, 1.165) is 5.56 Å². The topological polar surface area (TPSA) is 88.9 Å². The predicted octanol–water partition coefficient (Wildman–Crippen LogP) is 3.12. The highest BCUT2D eigenvalue weighted by Gasteiger charge is 2.35. The maximum Gasteiger partial charge on any atom is 0.252 e. The summed E-state index contributed by atoms with van der Waals surface area (Å²) in [5.41, 5.74) is 1.41. The Morgan fingerprint density at radius 2 is 2.00 bits per heavy atom. The zero-order chi connectivity index (χ0) is 18.1. The molecule has 2 heterocycles. The van der Waals surface area contributed by atoms with E-state index >= 15 is 0 Å². The van der Waals surface area contributed by atoms with Gasteiger partial charge in [-0.2, -0.15) is 4.98 Å². The monoisotopic (exact) mass is 367 g/mol. The second-order valence-corrected chi connectivity index (χ2v) is 6.27. The van der Waals surface area contributed by atoms with Crippen LogP contribution in [0.5, 0.6) is 0 Å².